The SMILES string of the molecule is OC(COc1ccccc1)CN1CCN(CCc2ccncc2)CC1. The normalized spacial score (nSPS) is 17.3. The summed E-state index contributed by atoms with van der Waals surface area (Å²) < 4.78 is 5.63. The van der Waals surface area contributed by atoms with Crippen molar-refractivity contribution in [2.75, 3.05) is 45.9 Å². The Kier molecular flexibility index (Phi) is 6.79. The van der Waals surface area contributed by atoms with Crippen molar-refractivity contribution in [3.63, 3.8) is 0 Å². The topological polar surface area (TPSA) is 48.8 Å². The van der Waals surface area contributed by atoms with Crippen LogP contribution < -0.4 is 4.74 Å². The number of piperazine rings is 1. The number of hydrogen-bond donors (Lipinski definition) is 1. The third-order valence-corrected chi connectivity index (χ3v) is 4.59. The monoisotopic (exact) mass is 341 g/mol. The van der Waals surface area contributed by atoms with E-state index in [4.69, 9.17) is 4.74 Å². The highest BCUT2D eigenvalue weighted by molar-refractivity contribution is 5.20. The summed E-state index contributed by atoms with van der Waals surface area (Å²) in [7, 11) is 0. The standard InChI is InChI=1S/C20H27N3O2/c24-19(17-25-20-4-2-1-3-5-20)16-23-14-12-22(13-15-23)11-8-18-6-9-21-10-7-18/h1-7,9-10,19,24H,8,11-17H2. The predicted octanol–water partition coefficient (Wildman–Crippen LogP) is 1.68. The van der Waals surface area contributed by atoms with E-state index in [1.54, 1.807) is 0 Å². The minimum Gasteiger partial charge on any atom is -0.491 e. The van der Waals surface area contributed by atoms with Crippen LogP contribution in [0, 0.1) is 0 Å². The number of aliphatic hydroxyl groups excluding tert-OH is 1. The van der Waals surface area contributed by atoms with Gasteiger partial charge < -0.3 is 14.7 Å². The summed E-state index contributed by atoms with van der Waals surface area (Å²) in [5, 5.41) is 10.2. The van der Waals surface area contributed by atoms with Crippen LogP contribution in [0.3, 0.4) is 0 Å². The van der Waals surface area contributed by atoms with Gasteiger partial charge in [0, 0.05) is 51.7 Å². The first kappa shape index (κ1) is 17.9. The second-order valence-electron chi connectivity index (χ2n) is 6.53. The van der Waals surface area contributed by atoms with Crippen molar-refractivity contribution in [3.05, 3.63) is 60.4 Å². The van der Waals surface area contributed by atoms with Crippen molar-refractivity contribution < 1.29 is 9.84 Å². The number of ether oxygens (including phenoxy) is 1. The molecule has 1 aliphatic heterocycles. The van der Waals surface area contributed by atoms with Gasteiger partial charge in [-0.25, -0.2) is 0 Å². The van der Waals surface area contributed by atoms with Gasteiger partial charge in [0.15, 0.2) is 0 Å². The Morgan fingerprint density at radius 2 is 1.64 bits per heavy atom. The van der Waals surface area contributed by atoms with E-state index < -0.39 is 6.10 Å². The molecular formula is C20H27N3O2. The molecule has 0 spiro atoms. The van der Waals surface area contributed by atoms with E-state index in [0.29, 0.717) is 13.2 Å². The summed E-state index contributed by atoms with van der Waals surface area (Å²) in [5.74, 6) is 0.808. The van der Waals surface area contributed by atoms with Crippen molar-refractivity contribution in [2.24, 2.45) is 0 Å². The largest absolute Gasteiger partial charge is 0.491 e. The summed E-state index contributed by atoms with van der Waals surface area (Å²) in [6.45, 7) is 6.20. The third-order valence-electron chi connectivity index (χ3n) is 4.59. The fourth-order valence-corrected chi connectivity index (χ4v) is 3.09. The van der Waals surface area contributed by atoms with Crippen molar-refractivity contribution in [1.29, 1.82) is 0 Å². The van der Waals surface area contributed by atoms with E-state index in [9.17, 15) is 5.11 Å². The Morgan fingerprint density at radius 3 is 2.36 bits per heavy atom. The lowest BCUT2D eigenvalue weighted by Gasteiger charge is -2.35. The molecule has 5 nitrogen and oxygen atoms in total. The first-order valence-corrected chi connectivity index (χ1v) is 8.99. The highest BCUT2D eigenvalue weighted by Crippen LogP contribution is 2.10. The van der Waals surface area contributed by atoms with Gasteiger partial charge in [0.2, 0.25) is 0 Å². The fraction of sp³-hybridized carbons (Fsp3) is 0.450. The molecule has 1 aromatic heterocycles. The first-order valence-electron chi connectivity index (χ1n) is 8.99. The number of para-hydroxylation sites is 1. The molecule has 134 valence electrons. The van der Waals surface area contributed by atoms with Crippen LogP contribution in [0.15, 0.2) is 54.9 Å². The summed E-state index contributed by atoms with van der Waals surface area (Å²) in [6.07, 6.45) is 4.32. The van der Waals surface area contributed by atoms with Gasteiger partial charge in [0.1, 0.15) is 18.5 Å². The minimum absolute atomic E-state index is 0.340. The number of β-amino-alcohol motifs (C(OH)–C–C–N with tert-alkyl or cyclic N) is 1. The van der Waals surface area contributed by atoms with Crippen LogP contribution in [-0.2, 0) is 6.42 Å². The van der Waals surface area contributed by atoms with E-state index in [-0.39, 0.29) is 0 Å². The summed E-state index contributed by atoms with van der Waals surface area (Å²) in [5.41, 5.74) is 1.34. The Bertz CT molecular complexity index is 601. The zero-order valence-electron chi connectivity index (χ0n) is 14.6. The van der Waals surface area contributed by atoms with Crippen LogP contribution in [0.5, 0.6) is 5.75 Å². The van der Waals surface area contributed by atoms with E-state index in [1.807, 2.05) is 42.7 Å². The maximum Gasteiger partial charge on any atom is 0.119 e. The molecule has 0 saturated carbocycles. The predicted molar refractivity (Wildman–Crippen MR) is 98.8 cm³/mol. The van der Waals surface area contributed by atoms with Crippen molar-refractivity contribution in [2.45, 2.75) is 12.5 Å². The first-order chi connectivity index (χ1) is 12.3. The van der Waals surface area contributed by atoms with Crippen LogP contribution in [0.25, 0.3) is 0 Å². The lowest BCUT2D eigenvalue weighted by molar-refractivity contribution is 0.0463. The molecule has 1 fully saturated rings. The van der Waals surface area contributed by atoms with E-state index in [1.165, 1.54) is 5.56 Å². The van der Waals surface area contributed by atoms with Crippen LogP contribution in [0.2, 0.25) is 0 Å². The molecule has 2 aromatic rings. The highest BCUT2D eigenvalue weighted by Gasteiger charge is 2.19. The zero-order chi connectivity index (χ0) is 17.3. The lowest BCUT2D eigenvalue weighted by atomic mass is 10.2. The number of hydrogen-bond acceptors (Lipinski definition) is 5. The number of aliphatic hydroxyl groups is 1. The molecule has 5 heteroatoms. The van der Waals surface area contributed by atoms with Crippen LogP contribution >= 0.6 is 0 Å². The zero-order valence-corrected chi connectivity index (χ0v) is 14.6. The molecule has 1 unspecified atom stereocenters. The molecule has 1 aromatic carbocycles. The van der Waals surface area contributed by atoms with Gasteiger partial charge in [-0.05, 0) is 36.2 Å². The van der Waals surface area contributed by atoms with Gasteiger partial charge in [-0.2, -0.15) is 0 Å². The molecule has 1 saturated heterocycles. The molecule has 1 N–H and O–H groups in total. The minimum atomic E-state index is -0.455. The Morgan fingerprint density at radius 1 is 0.960 bits per heavy atom. The molecule has 25 heavy (non-hydrogen) atoms. The van der Waals surface area contributed by atoms with Gasteiger partial charge in [0.05, 0.1) is 0 Å². The Balaban J connectivity index is 1.32. The van der Waals surface area contributed by atoms with Crippen molar-refractivity contribution in [3.8, 4) is 5.75 Å². The molecule has 1 aliphatic rings. The van der Waals surface area contributed by atoms with E-state index in [2.05, 4.69) is 26.9 Å². The average molecular weight is 341 g/mol. The second kappa shape index (κ2) is 9.51. The van der Waals surface area contributed by atoms with Gasteiger partial charge in [-0.1, -0.05) is 18.2 Å². The number of aromatic nitrogens is 1. The highest BCUT2D eigenvalue weighted by atomic mass is 16.5. The summed E-state index contributed by atoms with van der Waals surface area (Å²) >= 11 is 0. The van der Waals surface area contributed by atoms with Crippen LogP contribution in [-0.4, -0.2) is 71.9 Å². The molecule has 0 bridgehead atoms. The molecule has 0 aliphatic carbocycles. The van der Waals surface area contributed by atoms with Crippen molar-refractivity contribution in [1.82, 2.24) is 14.8 Å². The van der Waals surface area contributed by atoms with Crippen LogP contribution in [0.4, 0.5) is 0 Å². The quantitative estimate of drug-likeness (QED) is 0.792. The Hall–Kier alpha value is -1.95. The Labute approximate surface area is 149 Å². The number of pyridine rings is 1. The van der Waals surface area contributed by atoms with Gasteiger partial charge >= 0.3 is 0 Å². The van der Waals surface area contributed by atoms with Crippen molar-refractivity contribution >= 4 is 0 Å². The second-order valence-corrected chi connectivity index (χ2v) is 6.53. The molecule has 0 amide bonds. The summed E-state index contributed by atoms with van der Waals surface area (Å²) in [4.78, 5) is 8.87. The van der Waals surface area contributed by atoms with Gasteiger partial charge in [0.25, 0.3) is 0 Å². The maximum atomic E-state index is 10.2. The van der Waals surface area contributed by atoms with E-state index in [0.717, 1.165) is 44.9 Å². The summed E-state index contributed by atoms with van der Waals surface area (Å²) in [6, 6.07) is 13.8. The molecule has 0 radical (unpaired) electrons. The van der Waals surface area contributed by atoms with Gasteiger partial charge in [-0.15, -0.1) is 0 Å². The maximum absolute atomic E-state index is 10.2. The number of nitrogens with zero attached hydrogens (tertiary/aromatic N) is 3. The third kappa shape index (κ3) is 6.12. The fourth-order valence-electron chi connectivity index (χ4n) is 3.09. The van der Waals surface area contributed by atoms with Gasteiger partial charge in [-0.3, -0.25) is 9.88 Å². The molecule has 3 rings (SSSR count). The molecule has 2 heterocycles. The average Bonchev–Trinajstić information content (AvgIpc) is 2.67. The number of rotatable bonds is 8. The lowest BCUT2D eigenvalue weighted by Crippen LogP contribution is -2.49. The smallest absolute Gasteiger partial charge is 0.119 e. The molecular weight excluding hydrogens is 314 g/mol. The van der Waals surface area contributed by atoms with Crippen LogP contribution in [0.1, 0.15) is 5.56 Å². The number of benzene rings is 1. The molecule has 1 atom stereocenters. The van der Waals surface area contributed by atoms with E-state index >= 15 is 0 Å².